The van der Waals surface area contributed by atoms with E-state index < -0.39 is 58.7 Å². The van der Waals surface area contributed by atoms with Crippen molar-refractivity contribution in [3.05, 3.63) is 52.7 Å². The Morgan fingerprint density at radius 2 is 1.72 bits per heavy atom. The number of nitrogens with zero attached hydrogens (tertiary/aromatic N) is 3. The number of carbonyl (C=O) groups is 1. The largest absolute Gasteiger partial charge is 0.396 e. The highest BCUT2D eigenvalue weighted by atomic mass is 33.1. The lowest BCUT2D eigenvalue weighted by Crippen LogP contribution is -2.69. The van der Waals surface area contributed by atoms with E-state index in [0.29, 0.717) is 60.3 Å². The van der Waals surface area contributed by atoms with Crippen LogP contribution in [0, 0.1) is 86.8 Å². The smallest absolute Gasteiger partial charge is 0.190 e. The summed E-state index contributed by atoms with van der Waals surface area (Å²) in [5.74, 6) is -0.512. The molecule has 0 amide bonds. The molecule has 1 saturated heterocycles. The number of nitrogens with two attached hydrogens (primary N) is 1. The van der Waals surface area contributed by atoms with E-state index in [0.717, 1.165) is 57.1 Å². The van der Waals surface area contributed by atoms with Gasteiger partial charge in [0.25, 0.3) is 0 Å². The van der Waals surface area contributed by atoms with Crippen LogP contribution in [0.15, 0.2) is 57.7 Å². The Balaban J connectivity index is 1.12. The van der Waals surface area contributed by atoms with E-state index in [1.165, 1.54) is 44.1 Å². The number of nitrogens with one attached hydrogen (secondary N) is 2. The Hall–Kier alpha value is -2.21. The number of allylic oxidation sites excluding steroid dienone is 3. The van der Waals surface area contributed by atoms with Gasteiger partial charge in [0.1, 0.15) is 6.23 Å². The number of rotatable bonds is 11. The monoisotopic (exact) mass is 1090 g/mol. The maximum Gasteiger partial charge on any atom is 0.190 e. The summed E-state index contributed by atoms with van der Waals surface area (Å²) in [6.45, 7) is 11.2. The molecule has 6 saturated carbocycles. The second kappa shape index (κ2) is 21.3. The SMILES string of the molecule is CNCC1C(O)C(O)CC2(CCCC(C)C)C3C(=CC(=O)C12)C1(O)C2CSSCC(n4ccnc4)CC(C)(C)C4=C5CCCC6(CCCC6)C5C5=C6C(CCC5)CC(C(O)C64)C(C2)C1(CO)CC3CN=C(N)NC(C)O. The number of hydrogen-bond acceptors (Lipinski definition) is 12. The minimum Gasteiger partial charge on any atom is -0.396 e. The third-order valence-corrected chi connectivity index (χ3v) is 25.4. The highest BCUT2D eigenvalue weighted by Crippen LogP contribution is 2.75. The first kappa shape index (κ1) is 55.7. The summed E-state index contributed by atoms with van der Waals surface area (Å²) in [7, 11) is 5.48. The lowest BCUT2D eigenvalue weighted by Gasteiger charge is -2.66. The summed E-state index contributed by atoms with van der Waals surface area (Å²) >= 11 is 0. The Morgan fingerprint density at radius 3 is 2.43 bits per heavy atom. The van der Waals surface area contributed by atoms with Crippen LogP contribution in [0.4, 0.5) is 0 Å². The van der Waals surface area contributed by atoms with Crippen LogP contribution in [0.1, 0.15) is 156 Å². The number of ketones is 1. The molecule has 10 N–H and O–H groups in total. The van der Waals surface area contributed by atoms with Crippen LogP contribution in [-0.2, 0) is 4.79 Å². The van der Waals surface area contributed by atoms with Gasteiger partial charge in [-0.3, -0.25) is 9.79 Å². The number of aliphatic hydroxyl groups excluding tert-OH is 5. The Labute approximate surface area is 461 Å². The molecular weight excluding hydrogens is 993 g/mol. The zero-order valence-corrected chi connectivity index (χ0v) is 48.3. The van der Waals surface area contributed by atoms with Gasteiger partial charge in [-0.15, -0.1) is 0 Å². The fourth-order valence-corrected chi connectivity index (χ4v) is 23.3. The number of carbonyl (C=O) groups excluding carboxylic acids is 1. The summed E-state index contributed by atoms with van der Waals surface area (Å²) in [4.78, 5) is 25.3. The van der Waals surface area contributed by atoms with Gasteiger partial charge in [-0.05, 0) is 167 Å². The molecule has 11 rings (SSSR count). The molecule has 422 valence electrons. The summed E-state index contributed by atoms with van der Waals surface area (Å²) < 4.78 is 2.30. The molecule has 18 unspecified atom stereocenters. The molecule has 9 aliphatic carbocycles. The number of imidazole rings is 1. The quantitative estimate of drug-likeness (QED) is 0.0337. The van der Waals surface area contributed by atoms with Gasteiger partial charge in [0, 0.05) is 78.0 Å². The van der Waals surface area contributed by atoms with Gasteiger partial charge in [-0.25, -0.2) is 4.98 Å². The van der Waals surface area contributed by atoms with Gasteiger partial charge < -0.3 is 51.6 Å². The first-order chi connectivity index (χ1) is 36.4. The van der Waals surface area contributed by atoms with Crippen LogP contribution in [0.25, 0.3) is 0 Å². The normalized spacial score (nSPS) is 43.2. The van der Waals surface area contributed by atoms with E-state index >= 15 is 4.79 Å². The van der Waals surface area contributed by atoms with Crippen molar-refractivity contribution in [2.45, 2.75) is 186 Å². The second-order valence-corrected chi connectivity index (χ2v) is 30.2. The zero-order valence-electron chi connectivity index (χ0n) is 46.6. The summed E-state index contributed by atoms with van der Waals surface area (Å²) in [6.07, 6.45) is 21.1. The number of aliphatic imine (C=N–C) groups is 1. The maximum absolute atomic E-state index is 15.7. The molecule has 10 aliphatic rings. The molecule has 1 aromatic heterocycles. The van der Waals surface area contributed by atoms with Crippen molar-refractivity contribution in [3.8, 4) is 0 Å². The van der Waals surface area contributed by atoms with Crippen LogP contribution in [0.3, 0.4) is 0 Å². The number of aromatic nitrogens is 2. The predicted molar refractivity (Wildman–Crippen MR) is 303 cm³/mol. The van der Waals surface area contributed by atoms with Crippen molar-refractivity contribution in [2.75, 3.05) is 38.2 Å². The fraction of sp³-hybridized carbons (Fsp3) is 0.820. The molecular formula is C61H94N6O7S2. The molecule has 1 spiro atoms. The maximum atomic E-state index is 15.7. The fourth-order valence-electron chi connectivity index (χ4n) is 20.6. The zero-order chi connectivity index (χ0) is 53.7. The first-order valence-corrected chi connectivity index (χ1v) is 32.6. The average Bonchev–Trinajstić information content (AvgIpc) is 4.31. The Kier molecular flexibility index (Phi) is 15.6. The van der Waals surface area contributed by atoms with Gasteiger partial charge in [0.15, 0.2) is 11.7 Å². The van der Waals surface area contributed by atoms with E-state index in [9.17, 15) is 30.6 Å². The Morgan fingerprint density at radius 1 is 0.974 bits per heavy atom. The van der Waals surface area contributed by atoms with Crippen molar-refractivity contribution in [2.24, 2.45) is 97.5 Å². The molecule has 0 radical (unpaired) electrons. The molecule has 7 fully saturated rings. The molecule has 18 atom stereocenters. The van der Waals surface area contributed by atoms with Crippen LogP contribution in [-0.4, -0.2) is 120 Å². The van der Waals surface area contributed by atoms with Crippen molar-refractivity contribution in [3.63, 3.8) is 0 Å². The average molecular weight is 1090 g/mol. The Bertz CT molecular complexity index is 2440. The van der Waals surface area contributed by atoms with E-state index in [4.69, 9.17) is 10.7 Å². The van der Waals surface area contributed by atoms with Crippen LogP contribution < -0.4 is 16.4 Å². The number of hydrogen-bond donors (Lipinski definition) is 9. The molecule has 76 heavy (non-hydrogen) atoms. The molecule has 15 heteroatoms. The van der Waals surface area contributed by atoms with Gasteiger partial charge in [0.2, 0.25) is 0 Å². The van der Waals surface area contributed by atoms with Crippen LogP contribution in [0.5, 0.6) is 0 Å². The van der Waals surface area contributed by atoms with Crippen molar-refractivity contribution in [1.29, 1.82) is 0 Å². The number of guanidine groups is 1. The molecule has 1 aliphatic heterocycles. The van der Waals surface area contributed by atoms with Crippen molar-refractivity contribution >= 4 is 33.3 Å². The lowest BCUT2D eigenvalue weighted by atomic mass is 9.39. The van der Waals surface area contributed by atoms with Crippen LogP contribution >= 0.6 is 21.6 Å². The predicted octanol–water partition coefficient (Wildman–Crippen LogP) is 8.12. The molecule has 4 bridgehead atoms. The van der Waals surface area contributed by atoms with E-state index in [2.05, 4.69) is 54.1 Å². The van der Waals surface area contributed by atoms with Crippen molar-refractivity contribution in [1.82, 2.24) is 20.2 Å². The van der Waals surface area contributed by atoms with Gasteiger partial charge >= 0.3 is 0 Å². The summed E-state index contributed by atoms with van der Waals surface area (Å²) in [5, 5.41) is 82.4. The first-order valence-electron chi connectivity index (χ1n) is 30.1. The van der Waals surface area contributed by atoms with E-state index in [1.807, 2.05) is 30.4 Å². The molecule has 0 aromatic carbocycles. The molecule has 13 nitrogen and oxygen atoms in total. The van der Waals surface area contributed by atoms with Gasteiger partial charge in [-0.2, -0.15) is 0 Å². The van der Waals surface area contributed by atoms with Gasteiger partial charge in [-0.1, -0.05) is 97.3 Å². The molecule has 2 heterocycles. The minimum atomic E-state index is -1.65. The summed E-state index contributed by atoms with van der Waals surface area (Å²) in [6, 6.07) is 0.134. The summed E-state index contributed by atoms with van der Waals surface area (Å²) in [5.41, 5.74) is 9.97. The minimum absolute atomic E-state index is 0.0914. The second-order valence-electron chi connectivity index (χ2n) is 27.6. The van der Waals surface area contributed by atoms with Crippen LogP contribution in [0.2, 0.25) is 0 Å². The lowest BCUT2D eigenvalue weighted by molar-refractivity contribution is -0.199. The topological polar surface area (TPSA) is 219 Å². The van der Waals surface area contributed by atoms with E-state index in [-0.39, 0.29) is 72.4 Å². The number of fused-ring (bicyclic) bond motifs is 14. The standard InChI is InChI=1S/C61H94N6O7S2/c1-34(2)12-10-19-59-27-47(71)54(72)43(29-63-6)52(59)46(70)24-45-50(59)37(28-65-56(62)66-35(3)69)25-60(32-68)44-23-38(61(45,60)74)30-75-76-31-39(67-21-20-64-33-67)26-57(4,5)53-41-15-11-18-58(16-7-8-17-58)51(41)40-14-9-13-36-22-42(44)55(73)49(53)48(36)40/h20-21,24,33-39,42-44,47,49-52,54-55,63,68-69,71-74H,7-19,22-23,25-32H2,1-6H3,(H3,62,65,66). The van der Waals surface area contributed by atoms with E-state index in [1.54, 1.807) is 40.5 Å². The molecule has 1 aromatic rings. The highest BCUT2D eigenvalue weighted by Gasteiger charge is 2.76. The van der Waals surface area contributed by atoms with Crippen molar-refractivity contribution < 1.29 is 35.4 Å². The van der Waals surface area contributed by atoms with Gasteiger partial charge in [0.05, 0.1) is 36.8 Å². The highest BCUT2D eigenvalue weighted by molar-refractivity contribution is 8.76. The third kappa shape index (κ3) is 8.84. The number of aliphatic hydroxyl groups is 6. The third-order valence-electron chi connectivity index (χ3n) is 22.9.